The van der Waals surface area contributed by atoms with Crippen LogP contribution in [0.4, 0.5) is 4.79 Å². The van der Waals surface area contributed by atoms with Crippen molar-refractivity contribution in [1.29, 1.82) is 5.26 Å². The molecule has 0 aromatic rings. The minimum absolute atomic E-state index is 0.0606. The largest absolute Gasteiger partial charge is 0.336 e. The van der Waals surface area contributed by atoms with Crippen molar-refractivity contribution in [2.45, 2.75) is 76.8 Å². The summed E-state index contributed by atoms with van der Waals surface area (Å²) in [6.07, 6.45) is 10.8. The smallest absolute Gasteiger partial charge is 0.317 e. The van der Waals surface area contributed by atoms with Crippen LogP contribution in [-0.2, 0) is 0 Å². The lowest BCUT2D eigenvalue weighted by Crippen LogP contribution is -2.50. The molecule has 5 nitrogen and oxygen atoms in total. The monoisotopic (exact) mass is 332 g/mol. The zero-order valence-electron chi connectivity index (χ0n) is 15.1. The van der Waals surface area contributed by atoms with Crippen LogP contribution < -0.4 is 5.32 Å². The minimum Gasteiger partial charge on any atom is -0.336 e. The van der Waals surface area contributed by atoms with E-state index in [-0.39, 0.29) is 11.4 Å². The fraction of sp³-hybridized carbons (Fsp3) is 0.895. The highest BCUT2D eigenvalue weighted by molar-refractivity contribution is 5.74. The Morgan fingerprint density at radius 1 is 1.12 bits per heavy atom. The lowest BCUT2D eigenvalue weighted by Gasteiger charge is -2.37. The number of urea groups is 1. The number of likely N-dealkylation sites (tertiary alicyclic amines) is 2. The van der Waals surface area contributed by atoms with Gasteiger partial charge in [0.25, 0.3) is 0 Å². The first-order valence-electron chi connectivity index (χ1n) is 9.81. The Morgan fingerprint density at radius 2 is 1.83 bits per heavy atom. The van der Waals surface area contributed by atoms with Crippen LogP contribution in [0.3, 0.4) is 0 Å². The molecule has 1 atom stereocenters. The topological polar surface area (TPSA) is 59.4 Å². The molecule has 134 valence electrons. The highest BCUT2D eigenvalue weighted by Gasteiger charge is 2.34. The van der Waals surface area contributed by atoms with E-state index in [1.165, 1.54) is 51.5 Å². The first kappa shape index (κ1) is 17.5. The van der Waals surface area contributed by atoms with E-state index in [2.05, 4.69) is 16.3 Å². The van der Waals surface area contributed by atoms with Gasteiger partial charge in [-0.1, -0.05) is 19.3 Å². The molecule has 3 aliphatic rings. The molecule has 1 saturated carbocycles. The molecule has 0 spiro atoms. The zero-order chi connectivity index (χ0) is 17.0. The Labute approximate surface area is 146 Å². The Balaban J connectivity index is 1.45. The number of nitrogens with zero attached hydrogens (tertiary/aromatic N) is 3. The van der Waals surface area contributed by atoms with Crippen molar-refractivity contribution in [2.75, 3.05) is 26.2 Å². The molecule has 24 heavy (non-hydrogen) atoms. The van der Waals surface area contributed by atoms with Crippen molar-refractivity contribution in [3.63, 3.8) is 0 Å². The van der Waals surface area contributed by atoms with Crippen LogP contribution in [0.15, 0.2) is 0 Å². The number of nitrogens with one attached hydrogen (secondary N) is 1. The van der Waals surface area contributed by atoms with Crippen molar-refractivity contribution in [3.8, 4) is 6.07 Å². The Hall–Kier alpha value is -1.28. The fourth-order valence-electron chi connectivity index (χ4n) is 4.60. The van der Waals surface area contributed by atoms with Gasteiger partial charge in [-0.2, -0.15) is 5.26 Å². The summed E-state index contributed by atoms with van der Waals surface area (Å²) in [7, 11) is 0. The van der Waals surface area contributed by atoms with E-state index in [1.54, 1.807) is 0 Å². The molecule has 1 aliphatic carbocycles. The molecule has 2 heterocycles. The van der Waals surface area contributed by atoms with Crippen molar-refractivity contribution >= 4 is 6.03 Å². The van der Waals surface area contributed by atoms with Gasteiger partial charge in [0.1, 0.15) is 0 Å². The van der Waals surface area contributed by atoms with Crippen LogP contribution in [-0.4, -0.2) is 54.1 Å². The van der Waals surface area contributed by atoms with Gasteiger partial charge in [0.2, 0.25) is 0 Å². The van der Waals surface area contributed by atoms with Gasteiger partial charge in [0.15, 0.2) is 0 Å². The van der Waals surface area contributed by atoms with Crippen LogP contribution in [0.1, 0.15) is 64.7 Å². The van der Waals surface area contributed by atoms with Crippen molar-refractivity contribution in [3.05, 3.63) is 0 Å². The van der Waals surface area contributed by atoms with E-state index in [4.69, 9.17) is 0 Å². The van der Waals surface area contributed by atoms with Crippen LogP contribution in [0.2, 0.25) is 0 Å². The van der Waals surface area contributed by atoms with E-state index in [1.807, 2.05) is 11.8 Å². The highest BCUT2D eigenvalue weighted by Crippen LogP contribution is 2.30. The standard InChI is InChI=1S/C19H32N4O/c1-19(15-20)9-12-22(13-10-19)18(24)21-14-17-8-5-11-23(17)16-6-3-2-4-7-16/h16-17H,2-14H2,1H3,(H,21,24)/t17-/m0/s1. The average Bonchev–Trinajstić information content (AvgIpc) is 3.09. The van der Waals surface area contributed by atoms with Gasteiger partial charge in [-0.15, -0.1) is 0 Å². The maximum atomic E-state index is 12.5. The number of hydrogen-bond acceptors (Lipinski definition) is 3. The van der Waals surface area contributed by atoms with E-state index < -0.39 is 0 Å². The third-order valence-corrected chi connectivity index (χ3v) is 6.38. The van der Waals surface area contributed by atoms with E-state index in [9.17, 15) is 10.1 Å². The predicted molar refractivity (Wildman–Crippen MR) is 94.5 cm³/mol. The minimum atomic E-state index is -0.250. The van der Waals surface area contributed by atoms with E-state index >= 15 is 0 Å². The summed E-state index contributed by atoms with van der Waals surface area (Å²) < 4.78 is 0. The molecule has 0 radical (unpaired) electrons. The number of nitriles is 1. The Kier molecular flexibility index (Phi) is 5.65. The summed E-state index contributed by atoms with van der Waals surface area (Å²) in [5.41, 5.74) is -0.250. The number of piperidine rings is 1. The molecule has 2 aliphatic heterocycles. The summed E-state index contributed by atoms with van der Waals surface area (Å²) in [5.74, 6) is 0. The van der Waals surface area contributed by atoms with Gasteiger partial charge in [0, 0.05) is 31.7 Å². The third kappa shape index (κ3) is 4.03. The summed E-state index contributed by atoms with van der Waals surface area (Å²) in [4.78, 5) is 17.0. The number of amides is 2. The lowest BCUT2D eigenvalue weighted by molar-refractivity contribution is 0.132. The van der Waals surface area contributed by atoms with E-state index in [0.717, 1.165) is 25.4 Å². The predicted octanol–water partition coefficient (Wildman–Crippen LogP) is 3.12. The molecule has 0 unspecified atom stereocenters. The fourth-order valence-corrected chi connectivity index (χ4v) is 4.60. The van der Waals surface area contributed by atoms with Gasteiger partial charge < -0.3 is 10.2 Å². The summed E-state index contributed by atoms with van der Waals surface area (Å²) in [6.45, 7) is 5.39. The van der Waals surface area contributed by atoms with Crippen LogP contribution in [0, 0.1) is 16.7 Å². The van der Waals surface area contributed by atoms with Gasteiger partial charge in [0.05, 0.1) is 11.5 Å². The van der Waals surface area contributed by atoms with Gasteiger partial charge in [-0.25, -0.2) is 4.79 Å². The second-order valence-corrected chi connectivity index (χ2v) is 8.17. The van der Waals surface area contributed by atoms with Gasteiger partial charge in [-0.3, -0.25) is 4.90 Å². The second-order valence-electron chi connectivity index (χ2n) is 8.17. The molecule has 0 aromatic carbocycles. The molecule has 2 saturated heterocycles. The molecule has 0 aromatic heterocycles. The third-order valence-electron chi connectivity index (χ3n) is 6.38. The zero-order valence-corrected chi connectivity index (χ0v) is 15.1. The highest BCUT2D eigenvalue weighted by atomic mass is 16.2. The number of rotatable bonds is 3. The summed E-state index contributed by atoms with van der Waals surface area (Å²) in [5, 5.41) is 12.4. The summed E-state index contributed by atoms with van der Waals surface area (Å²) >= 11 is 0. The Bertz CT molecular complexity index is 472. The van der Waals surface area contributed by atoms with E-state index in [0.29, 0.717) is 19.1 Å². The summed E-state index contributed by atoms with van der Waals surface area (Å²) in [6, 6.07) is 3.72. The maximum Gasteiger partial charge on any atom is 0.317 e. The number of carbonyl (C=O) groups is 1. The lowest BCUT2D eigenvalue weighted by atomic mass is 9.82. The average molecular weight is 332 g/mol. The second kappa shape index (κ2) is 7.74. The number of hydrogen-bond donors (Lipinski definition) is 1. The number of carbonyl (C=O) groups excluding carboxylic acids is 1. The van der Waals surface area contributed by atoms with Gasteiger partial charge in [-0.05, 0) is 52.0 Å². The first-order chi connectivity index (χ1) is 11.6. The van der Waals surface area contributed by atoms with Crippen LogP contribution in [0.25, 0.3) is 0 Å². The van der Waals surface area contributed by atoms with Crippen LogP contribution in [0.5, 0.6) is 0 Å². The first-order valence-corrected chi connectivity index (χ1v) is 9.81. The molecule has 5 heteroatoms. The van der Waals surface area contributed by atoms with Crippen molar-refractivity contribution in [2.24, 2.45) is 5.41 Å². The molecular weight excluding hydrogens is 300 g/mol. The SMILES string of the molecule is CC1(C#N)CCN(C(=O)NC[C@@H]2CCCN2C2CCCCC2)CC1. The molecule has 3 rings (SSSR count). The molecule has 0 bridgehead atoms. The molecule has 1 N–H and O–H groups in total. The molecule has 2 amide bonds. The van der Waals surface area contributed by atoms with Crippen molar-refractivity contribution < 1.29 is 4.79 Å². The van der Waals surface area contributed by atoms with Gasteiger partial charge >= 0.3 is 6.03 Å². The normalized spacial score (nSPS) is 28.5. The maximum absolute atomic E-state index is 12.5. The van der Waals surface area contributed by atoms with Crippen molar-refractivity contribution in [1.82, 2.24) is 15.1 Å². The molecule has 3 fully saturated rings. The van der Waals surface area contributed by atoms with Crippen LogP contribution >= 0.6 is 0 Å². The quantitative estimate of drug-likeness (QED) is 0.864. The Morgan fingerprint density at radius 3 is 2.50 bits per heavy atom. The molecular formula is C19H32N4O.